The number of allylic oxidation sites excluding steroid dienone is 5. The second-order valence-electron chi connectivity index (χ2n) is 3.49. The fraction of sp³-hybridized carbons (Fsp3) is 0.455. The first-order valence-electron chi connectivity index (χ1n) is 4.77. The van der Waals surface area contributed by atoms with Crippen LogP contribution in [0.25, 0.3) is 0 Å². The number of hydrogen-bond acceptors (Lipinski definition) is 1. The molecular formula is C11H15N. The van der Waals surface area contributed by atoms with Crippen LogP contribution in [0.1, 0.15) is 25.7 Å². The quantitative estimate of drug-likeness (QED) is 0.623. The molecule has 1 heteroatoms. The van der Waals surface area contributed by atoms with Crippen LogP contribution in [0, 0.1) is 5.92 Å². The van der Waals surface area contributed by atoms with E-state index in [1.54, 1.807) is 0 Å². The van der Waals surface area contributed by atoms with E-state index in [1.807, 2.05) is 12.3 Å². The molecule has 0 bridgehead atoms. The highest BCUT2D eigenvalue weighted by Gasteiger charge is 2.18. The zero-order chi connectivity index (χ0) is 8.23. The van der Waals surface area contributed by atoms with Gasteiger partial charge >= 0.3 is 0 Å². The van der Waals surface area contributed by atoms with E-state index in [4.69, 9.17) is 0 Å². The second kappa shape index (κ2) is 3.61. The summed E-state index contributed by atoms with van der Waals surface area (Å²) in [6, 6.07) is 0. The minimum absolute atomic E-state index is 0.789. The molecule has 1 fully saturated rings. The lowest BCUT2D eigenvalue weighted by Gasteiger charge is -2.12. The normalized spacial score (nSPS) is 23.5. The molecule has 1 N–H and O–H groups in total. The second-order valence-corrected chi connectivity index (χ2v) is 3.49. The van der Waals surface area contributed by atoms with Crippen LogP contribution in [0.4, 0.5) is 0 Å². The fourth-order valence-corrected chi connectivity index (χ4v) is 1.96. The van der Waals surface area contributed by atoms with Gasteiger partial charge in [-0.15, -0.1) is 0 Å². The molecular weight excluding hydrogens is 146 g/mol. The van der Waals surface area contributed by atoms with Crippen LogP contribution in [0.15, 0.2) is 36.2 Å². The maximum Gasteiger partial charge on any atom is 0.0178 e. The summed E-state index contributed by atoms with van der Waals surface area (Å²) in [5, 5.41) is 3.34. The highest BCUT2D eigenvalue weighted by atomic mass is 14.9. The predicted molar refractivity (Wildman–Crippen MR) is 51.5 cm³/mol. The number of nitrogens with one attached hydrogen (secondary N) is 1. The van der Waals surface area contributed by atoms with Crippen LogP contribution < -0.4 is 5.32 Å². The van der Waals surface area contributed by atoms with Gasteiger partial charge in [0.05, 0.1) is 0 Å². The molecule has 0 unspecified atom stereocenters. The molecule has 0 atom stereocenters. The van der Waals surface area contributed by atoms with Gasteiger partial charge in [-0.1, -0.05) is 25.0 Å². The van der Waals surface area contributed by atoms with Gasteiger partial charge in [0.15, 0.2) is 0 Å². The summed E-state index contributed by atoms with van der Waals surface area (Å²) < 4.78 is 0. The van der Waals surface area contributed by atoms with Crippen LogP contribution in [0.2, 0.25) is 0 Å². The van der Waals surface area contributed by atoms with Crippen molar-refractivity contribution in [3.05, 3.63) is 36.2 Å². The lowest BCUT2D eigenvalue weighted by molar-refractivity contribution is 0.609. The molecule has 2 rings (SSSR count). The zero-order valence-corrected chi connectivity index (χ0v) is 7.29. The molecule has 12 heavy (non-hydrogen) atoms. The SMILES string of the molecule is C1=CC=C(C2CCCC2)NC=C1. The Morgan fingerprint density at radius 2 is 1.92 bits per heavy atom. The van der Waals surface area contributed by atoms with Crippen molar-refractivity contribution in [2.24, 2.45) is 5.92 Å². The Bertz CT molecular complexity index is 229. The molecule has 0 aromatic rings. The average molecular weight is 161 g/mol. The number of rotatable bonds is 1. The Kier molecular flexibility index (Phi) is 2.31. The van der Waals surface area contributed by atoms with Crippen molar-refractivity contribution < 1.29 is 0 Å². The third-order valence-electron chi connectivity index (χ3n) is 2.64. The topological polar surface area (TPSA) is 12.0 Å². The van der Waals surface area contributed by atoms with E-state index in [1.165, 1.54) is 31.4 Å². The zero-order valence-electron chi connectivity index (χ0n) is 7.29. The predicted octanol–water partition coefficient (Wildman–Crippen LogP) is 2.73. The van der Waals surface area contributed by atoms with Gasteiger partial charge in [0.2, 0.25) is 0 Å². The third-order valence-corrected chi connectivity index (χ3v) is 2.64. The molecule has 0 amide bonds. The standard InChI is InChI=1S/C11H15N/c1-2-8-11(12-9-5-1)10-6-3-4-7-10/h1-2,5,8-10,12H,3-4,6-7H2. The molecule has 0 aromatic carbocycles. The van der Waals surface area contributed by atoms with E-state index in [2.05, 4.69) is 23.5 Å². The van der Waals surface area contributed by atoms with Gasteiger partial charge in [-0.2, -0.15) is 0 Å². The Balaban J connectivity index is 2.06. The molecule has 1 aliphatic heterocycles. The summed E-state index contributed by atoms with van der Waals surface area (Å²) in [5.41, 5.74) is 1.40. The molecule has 0 radical (unpaired) electrons. The average Bonchev–Trinajstić information content (AvgIpc) is 2.48. The minimum atomic E-state index is 0.789. The van der Waals surface area contributed by atoms with Gasteiger partial charge in [-0.05, 0) is 30.9 Å². The minimum Gasteiger partial charge on any atom is -0.365 e. The largest absolute Gasteiger partial charge is 0.365 e. The fourth-order valence-electron chi connectivity index (χ4n) is 1.96. The van der Waals surface area contributed by atoms with Crippen LogP contribution in [-0.4, -0.2) is 0 Å². The first-order valence-corrected chi connectivity index (χ1v) is 4.77. The summed E-state index contributed by atoms with van der Waals surface area (Å²) >= 11 is 0. The van der Waals surface area contributed by atoms with Crippen LogP contribution in [0.3, 0.4) is 0 Å². The van der Waals surface area contributed by atoms with E-state index >= 15 is 0 Å². The molecule has 1 heterocycles. The van der Waals surface area contributed by atoms with Crippen molar-refractivity contribution in [3.63, 3.8) is 0 Å². The summed E-state index contributed by atoms with van der Waals surface area (Å²) in [4.78, 5) is 0. The van der Waals surface area contributed by atoms with Gasteiger partial charge in [0.25, 0.3) is 0 Å². The Hall–Kier alpha value is -0.980. The van der Waals surface area contributed by atoms with E-state index in [0.717, 1.165) is 5.92 Å². The summed E-state index contributed by atoms with van der Waals surface area (Å²) in [6.45, 7) is 0. The molecule has 1 nitrogen and oxygen atoms in total. The lowest BCUT2D eigenvalue weighted by atomic mass is 10.0. The molecule has 1 aliphatic carbocycles. The van der Waals surface area contributed by atoms with E-state index in [0.29, 0.717) is 0 Å². The Labute approximate surface area is 73.9 Å². The lowest BCUT2D eigenvalue weighted by Crippen LogP contribution is -2.12. The highest BCUT2D eigenvalue weighted by molar-refractivity contribution is 5.23. The maximum absolute atomic E-state index is 3.34. The van der Waals surface area contributed by atoms with Crippen molar-refractivity contribution in [2.45, 2.75) is 25.7 Å². The molecule has 0 aromatic heterocycles. The van der Waals surface area contributed by atoms with E-state index in [-0.39, 0.29) is 0 Å². The van der Waals surface area contributed by atoms with Gasteiger partial charge < -0.3 is 5.32 Å². The molecule has 64 valence electrons. The van der Waals surface area contributed by atoms with Crippen LogP contribution in [0.5, 0.6) is 0 Å². The maximum atomic E-state index is 3.34. The van der Waals surface area contributed by atoms with Crippen LogP contribution in [-0.2, 0) is 0 Å². The van der Waals surface area contributed by atoms with Gasteiger partial charge in [-0.3, -0.25) is 0 Å². The molecule has 2 aliphatic rings. The Morgan fingerprint density at radius 1 is 1.08 bits per heavy atom. The summed E-state index contributed by atoms with van der Waals surface area (Å²) in [5.74, 6) is 0.789. The van der Waals surface area contributed by atoms with Crippen molar-refractivity contribution in [3.8, 4) is 0 Å². The van der Waals surface area contributed by atoms with Gasteiger partial charge in [0.1, 0.15) is 0 Å². The highest BCUT2D eigenvalue weighted by Crippen LogP contribution is 2.29. The molecule has 1 saturated carbocycles. The van der Waals surface area contributed by atoms with Crippen LogP contribution >= 0.6 is 0 Å². The third kappa shape index (κ3) is 1.60. The van der Waals surface area contributed by atoms with Crippen molar-refractivity contribution in [1.29, 1.82) is 0 Å². The monoisotopic (exact) mass is 161 g/mol. The van der Waals surface area contributed by atoms with Crippen molar-refractivity contribution in [1.82, 2.24) is 5.32 Å². The molecule has 0 spiro atoms. The molecule has 0 saturated heterocycles. The van der Waals surface area contributed by atoms with E-state index < -0.39 is 0 Å². The first-order chi connectivity index (χ1) is 5.97. The number of hydrogen-bond donors (Lipinski definition) is 1. The summed E-state index contributed by atoms with van der Waals surface area (Å²) in [6.07, 6.45) is 16.0. The summed E-state index contributed by atoms with van der Waals surface area (Å²) in [7, 11) is 0. The van der Waals surface area contributed by atoms with Crippen molar-refractivity contribution >= 4 is 0 Å². The van der Waals surface area contributed by atoms with E-state index in [9.17, 15) is 0 Å². The first kappa shape index (κ1) is 7.66. The van der Waals surface area contributed by atoms with Gasteiger partial charge in [-0.25, -0.2) is 0 Å². The van der Waals surface area contributed by atoms with Gasteiger partial charge in [0, 0.05) is 11.9 Å². The smallest absolute Gasteiger partial charge is 0.0178 e. The van der Waals surface area contributed by atoms with Crippen molar-refractivity contribution in [2.75, 3.05) is 0 Å². The Morgan fingerprint density at radius 3 is 2.75 bits per heavy atom.